The van der Waals surface area contributed by atoms with Crippen LogP contribution in [-0.2, 0) is 9.53 Å². The average molecular weight is 436 g/mol. The van der Waals surface area contributed by atoms with Gasteiger partial charge in [-0.15, -0.1) is 0 Å². The van der Waals surface area contributed by atoms with Crippen LogP contribution in [0, 0.1) is 11.3 Å². The number of hydrogen-bond donors (Lipinski definition) is 2. The molecule has 2 aliphatic rings. The fourth-order valence-corrected chi connectivity index (χ4v) is 4.95. The molecule has 2 saturated carbocycles. The summed E-state index contributed by atoms with van der Waals surface area (Å²) in [7, 11) is 0. The lowest BCUT2D eigenvalue weighted by Gasteiger charge is -2.38. The monoisotopic (exact) mass is 435 g/mol. The second-order valence-corrected chi connectivity index (χ2v) is 12.0. The van der Waals surface area contributed by atoms with Crippen molar-refractivity contribution in [3.63, 3.8) is 0 Å². The topological polar surface area (TPSA) is 92.8 Å². The second kappa shape index (κ2) is 9.22. The van der Waals surface area contributed by atoms with E-state index in [4.69, 9.17) is 9.26 Å². The number of ether oxygens (including phenoxy) is 1. The molecule has 31 heavy (non-hydrogen) atoms. The molecule has 2 fully saturated rings. The Morgan fingerprint density at radius 1 is 1.10 bits per heavy atom. The number of nitrogens with zero attached hydrogens (tertiary/aromatic N) is 1. The van der Waals surface area contributed by atoms with Gasteiger partial charge in [0.1, 0.15) is 11.4 Å². The van der Waals surface area contributed by atoms with Gasteiger partial charge in [-0.05, 0) is 83.0 Å². The molecular formula is C25H41NO5. The summed E-state index contributed by atoms with van der Waals surface area (Å²) >= 11 is 0. The van der Waals surface area contributed by atoms with Crippen molar-refractivity contribution in [3.8, 4) is 0 Å². The second-order valence-electron chi connectivity index (χ2n) is 12.0. The molecule has 1 aromatic heterocycles. The third-order valence-electron chi connectivity index (χ3n) is 6.27. The Hall–Kier alpha value is -1.40. The van der Waals surface area contributed by atoms with Crippen molar-refractivity contribution < 1.29 is 24.3 Å². The summed E-state index contributed by atoms with van der Waals surface area (Å²) in [6, 6.07) is 0. The zero-order valence-electron chi connectivity index (χ0n) is 20.1. The molecule has 0 spiro atoms. The quantitative estimate of drug-likeness (QED) is 0.399. The molecule has 2 aliphatic carbocycles. The number of esters is 1. The highest BCUT2D eigenvalue weighted by Crippen LogP contribution is 2.53. The van der Waals surface area contributed by atoms with Crippen LogP contribution >= 0.6 is 0 Å². The summed E-state index contributed by atoms with van der Waals surface area (Å²) < 4.78 is 11.5. The molecule has 0 bridgehead atoms. The molecule has 176 valence electrons. The van der Waals surface area contributed by atoms with Crippen LogP contribution in [0.15, 0.2) is 4.52 Å². The number of rotatable bonds is 9. The number of hydrogen-bond acceptors (Lipinski definition) is 6. The third-order valence-corrected chi connectivity index (χ3v) is 6.27. The van der Waals surface area contributed by atoms with Gasteiger partial charge < -0.3 is 19.5 Å². The molecule has 0 radical (unpaired) electrons. The van der Waals surface area contributed by atoms with E-state index < -0.39 is 11.9 Å². The van der Waals surface area contributed by atoms with E-state index in [-0.39, 0.29) is 24.7 Å². The largest absolute Gasteiger partial charge is 0.460 e. The highest BCUT2D eigenvalue weighted by atomic mass is 16.6. The van der Waals surface area contributed by atoms with Crippen molar-refractivity contribution in [2.24, 2.45) is 11.3 Å². The van der Waals surface area contributed by atoms with E-state index in [1.807, 2.05) is 20.8 Å². The van der Waals surface area contributed by atoms with Gasteiger partial charge in [0, 0.05) is 17.4 Å². The van der Waals surface area contributed by atoms with Crippen LogP contribution < -0.4 is 0 Å². The molecule has 0 aromatic carbocycles. The first-order valence-corrected chi connectivity index (χ1v) is 11.9. The maximum atomic E-state index is 12.6. The van der Waals surface area contributed by atoms with Crippen LogP contribution in [0.25, 0.3) is 0 Å². The van der Waals surface area contributed by atoms with Crippen molar-refractivity contribution in [2.45, 2.75) is 123 Å². The highest BCUT2D eigenvalue weighted by molar-refractivity contribution is 5.71. The molecule has 1 atom stereocenters. The van der Waals surface area contributed by atoms with Gasteiger partial charge in [0.25, 0.3) is 0 Å². The zero-order chi connectivity index (χ0) is 23.0. The highest BCUT2D eigenvalue weighted by Gasteiger charge is 2.42. The van der Waals surface area contributed by atoms with Crippen LogP contribution in [0.5, 0.6) is 0 Å². The van der Waals surface area contributed by atoms with E-state index in [2.05, 4.69) is 25.9 Å². The van der Waals surface area contributed by atoms with Crippen molar-refractivity contribution in [1.29, 1.82) is 0 Å². The predicted octanol–water partition coefficient (Wildman–Crippen LogP) is 5.39. The summed E-state index contributed by atoms with van der Waals surface area (Å²) in [5.41, 5.74) is 1.81. The van der Waals surface area contributed by atoms with E-state index >= 15 is 0 Å². The summed E-state index contributed by atoms with van der Waals surface area (Å²) in [4.78, 5) is 12.6. The van der Waals surface area contributed by atoms with Gasteiger partial charge in [-0.25, -0.2) is 0 Å². The van der Waals surface area contributed by atoms with Crippen LogP contribution in [0.4, 0.5) is 0 Å². The van der Waals surface area contributed by atoms with Gasteiger partial charge in [-0.2, -0.15) is 0 Å². The van der Waals surface area contributed by atoms with Gasteiger partial charge >= 0.3 is 5.97 Å². The van der Waals surface area contributed by atoms with Crippen molar-refractivity contribution in [1.82, 2.24) is 5.16 Å². The summed E-state index contributed by atoms with van der Waals surface area (Å²) in [5, 5.41) is 23.3. The smallest absolute Gasteiger partial charge is 0.306 e. The first-order chi connectivity index (χ1) is 14.3. The van der Waals surface area contributed by atoms with E-state index in [1.165, 1.54) is 12.0 Å². The Morgan fingerprint density at radius 2 is 1.74 bits per heavy atom. The van der Waals surface area contributed by atoms with Crippen LogP contribution in [0.1, 0.15) is 128 Å². The number of aliphatic hydroxyl groups excluding tert-OH is 1. The Morgan fingerprint density at radius 3 is 2.26 bits per heavy atom. The predicted molar refractivity (Wildman–Crippen MR) is 119 cm³/mol. The average Bonchev–Trinajstić information content (AvgIpc) is 3.31. The summed E-state index contributed by atoms with van der Waals surface area (Å²) in [6.07, 6.45) is 5.17. The first-order valence-electron chi connectivity index (χ1n) is 11.9. The Kier molecular flexibility index (Phi) is 7.21. The Labute approximate surface area is 186 Å². The van der Waals surface area contributed by atoms with Gasteiger partial charge in [0.2, 0.25) is 0 Å². The number of aliphatic hydroxyl groups is 2. The van der Waals surface area contributed by atoms with Gasteiger partial charge in [-0.3, -0.25) is 4.79 Å². The van der Waals surface area contributed by atoms with Crippen molar-refractivity contribution in [2.75, 3.05) is 0 Å². The number of carbonyl (C=O) groups excluding carboxylic acids is 1. The lowest BCUT2D eigenvalue weighted by atomic mass is 9.66. The molecule has 1 unspecified atom stereocenters. The minimum absolute atomic E-state index is 0.174. The SMILES string of the molecule is CC(C)(C)CC1CC(c2onc(C(CCC(O)O)CC(=O)OC(C)(C)C)c2C2CC2)C1. The molecule has 1 aromatic rings. The van der Waals surface area contributed by atoms with Gasteiger partial charge in [0.15, 0.2) is 6.29 Å². The lowest BCUT2D eigenvalue weighted by Crippen LogP contribution is -2.26. The number of carbonyl (C=O) groups is 1. The lowest BCUT2D eigenvalue weighted by molar-refractivity contribution is -0.155. The fourth-order valence-electron chi connectivity index (χ4n) is 4.95. The van der Waals surface area contributed by atoms with E-state index in [1.54, 1.807) is 0 Å². The van der Waals surface area contributed by atoms with E-state index in [0.717, 1.165) is 43.1 Å². The fraction of sp³-hybridized carbons (Fsp3) is 0.840. The summed E-state index contributed by atoms with van der Waals surface area (Å²) in [5.74, 6) is 2.10. The molecule has 0 amide bonds. The minimum atomic E-state index is -1.40. The third kappa shape index (κ3) is 7.04. The normalized spacial score (nSPS) is 23.0. The van der Waals surface area contributed by atoms with Gasteiger partial charge in [-0.1, -0.05) is 25.9 Å². The Balaban J connectivity index is 1.77. The Bertz CT molecular complexity index is 745. The molecule has 0 saturated heterocycles. The van der Waals surface area contributed by atoms with Crippen LogP contribution in [-0.4, -0.2) is 33.2 Å². The molecule has 6 nitrogen and oxygen atoms in total. The maximum Gasteiger partial charge on any atom is 0.306 e. The van der Waals surface area contributed by atoms with E-state index in [9.17, 15) is 15.0 Å². The maximum absolute atomic E-state index is 12.6. The zero-order valence-corrected chi connectivity index (χ0v) is 20.1. The molecule has 0 aliphatic heterocycles. The molecular weight excluding hydrogens is 394 g/mol. The molecule has 1 heterocycles. The van der Waals surface area contributed by atoms with E-state index in [0.29, 0.717) is 23.7 Å². The van der Waals surface area contributed by atoms with Crippen molar-refractivity contribution in [3.05, 3.63) is 17.0 Å². The standard InChI is InChI=1S/C25H41NO5/c1-24(2,3)14-15-11-18(12-15)23-21(16-7-8-16)22(26-31-23)17(9-10-19(27)28)13-20(29)30-25(4,5)6/h15-19,27-28H,7-14H2,1-6H3. The minimum Gasteiger partial charge on any atom is -0.460 e. The van der Waals surface area contributed by atoms with Crippen LogP contribution in [0.2, 0.25) is 0 Å². The van der Waals surface area contributed by atoms with Gasteiger partial charge in [0.05, 0.1) is 12.1 Å². The molecule has 6 heteroatoms. The van der Waals surface area contributed by atoms with Crippen molar-refractivity contribution >= 4 is 5.97 Å². The summed E-state index contributed by atoms with van der Waals surface area (Å²) in [6.45, 7) is 12.4. The molecule has 3 rings (SSSR count). The first kappa shape index (κ1) is 24.2. The van der Waals surface area contributed by atoms with Crippen LogP contribution in [0.3, 0.4) is 0 Å². The molecule has 2 N–H and O–H groups in total. The number of aromatic nitrogens is 1.